The standard InChI is InChI=1S/C12H19N3O2/c1-9(2)14-6-3-4-10(8-14)15-7-5-11(16)13-12(15)17/h4,9H,3,5-8H2,1-2H3,(H,13,16,17). The molecule has 1 saturated heterocycles. The monoisotopic (exact) mass is 237 g/mol. The number of amides is 3. The second kappa shape index (κ2) is 4.87. The van der Waals surface area contributed by atoms with E-state index >= 15 is 0 Å². The predicted molar refractivity (Wildman–Crippen MR) is 64.3 cm³/mol. The first-order chi connectivity index (χ1) is 8.08. The van der Waals surface area contributed by atoms with Crippen LogP contribution in [0.15, 0.2) is 11.8 Å². The smallest absolute Gasteiger partial charge is 0.296 e. The maximum atomic E-state index is 11.7. The molecule has 0 spiro atoms. The van der Waals surface area contributed by atoms with Gasteiger partial charge in [-0.2, -0.15) is 0 Å². The molecule has 17 heavy (non-hydrogen) atoms. The maximum Gasteiger partial charge on any atom is 0.328 e. The highest BCUT2D eigenvalue weighted by Gasteiger charge is 2.28. The van der Waals surface area contributed by atoms with Gasteiger partial charge in [-0.15, -0.1) is 0 Å². The zero-order valence-electron chi connectivity index (χ0n) is 10.4. The minimum atomic E-state index is -0.280. The lowest BCUT2D eigenvalue weighted by Gasteiger charge is -2.36. The zero-order valence-corrected chi connectivity index (χ0v) is 10.4. The van der Waals surface area contributed by atoms with Crippen LogP contribution in [-0.2, 0) is 4.79 Å². The van der Waals surface area contributed by atoms with E-state index in [0.29, 0.717) is 19.0 Å². The van der Waals surface area contributed by atoms with Gasteiger partial charge in [-0.25, -0.2) is 4.79 Å². The molecule has 0 aromatic rings. The molecule has 0 aliphatic carbocycles. The molecule has 0 bridgehead atoms. The fourth-order valence-corrected chi connectivity index (χ4v) is 2.22. The van der Waals surface area contributed by atoms with Crippen LogP contribution in [0.1, 0.15) is 26.7 Å². The van der Waals surface area contributed by atoms with Crippen molar-refractivity contribution in [3.63, 3.8) is 0 Å². The molecule has 0 unspecified atom stereocenters. The minimum absolute atomic E-state index is 0.177. The average Bonchev–Trinajstić information content (AvgIpc) is 2.29. The topological polar surface area (TPSA) is 52.6 Å². The SMILES string of the molecule is CC(C)N1CCC=C(N2CCC(=O)NC2=O)C1. The second-order valence-corrected chi connectivity index (χ2v) is 4.80. The van der Waals surface area contributed by atoms with Crippen LogP contribution in [0.2, 0.25) is 0 Å². The van der Waals surface area contributed by atoms with Crippen LogP contribution in [0.3, 0.4) is 0 Å². The summed E-state index contributed by atoms with van der Waals surface area (Å²) in [6.07, 6.45) is 3.46. The fraction of sp³-hybridized carbons (Fsp3) is 0.667. The molecule has 0 aromatic heterocycles. The van der Waals surface area contributed by atoms with Crippen LogP contribution in [0.4, 0.5) is 4.79 Å². The Morgan fingerprint density at radius 1 is 1.29 bits per heavy atom. The molecule has 2 heterocycles. The summed E-state index contributed by atoms with van der Waals surface area (Å²) in [6.45, 7) is 6.64. The Hall–Kier alpha value is -1.36. The van der Waals surface area contributed by atoms with Crippen molar-refractivity contribution in [2.45, 2.75) is 32.7 Å². The molecule has 2 rings (SSSR count). The number of urea groups is 1. The summed E-state index contributed by atoms with van der Waals surface area (Å²) in [4.78, 5) is 26.8. The summed E-state index contributed by atoms with van der Waals surface area (Å²) in [5.74, 6) is -0.177. The van der Waals surface area contributed by atoms with Crippen molar-refractivity contribution < 1.29 is 9.59 Å². The molecule has 94 valence electrons. The molecule has 5 nitrogen and oxygen atoms in total. The Bertz CT molecular complexity index is 363. The molecule has 1 N–H and O–H groups in total. The van der Waals surface area contributed by atoms with E-state index in [0.717, 1.165) is 25.2 Å². The van der Waals surface area contributed by atoms with E-state index in [1.807, 2.05) is 0 Å². The molecule has 2 aliphatic rings. The van der Waals surface area contributed by atoms with E-state index < -0.39 is 0 Å². The predicted octanol–water partition coefficient (Wildman–Crippen LogP) is 0.926. The summed E-state index contributed by atoms with van der Waals surface area (Å²) in [5.41, 5.74) is 1.02. The van der Waals surface area contributed by atoms with Gasteiger partial charge in [0.15, 0.2) is 0 Å². The molecular formula is C12H19N3O2. The number of carbonyl (C=O) groups is 2. The molecular weight excluding hydrogens is 218 g/mol. The summed E-state index contributed by atoms with van der Waals surface area (Å²) >= 11 is 0. The number of nitrogens with zero attached hydrogens (tertiary/aromatic N) is 2. The van der Waals surface area contributed by atoms with E-state index in [9.17, 15) is 9.59 Å². The maximum absolute atomic E-state index is 11.7. The van der Waals surface area contributed by atoms with Crippen molar-refractivity contribution in [3.8, 4) is 0 Å². The number of carbonyl (C=O) groups excluding carboxylic acids is 2. The third kappa shape index (κ3) is 2.66. The highest BCUT2D eigenvalue weighted by Crippen LogP contribution is 2.18. The van der Waals surface area contributed by atoms with Gasteiger partial charge in [0.2, 0.25) is 5.91 Å². The molecule has 0 atom stereocenters. The first kappa shape index (κ1) is 12.1. The van der Waals surface area contributed by atoms with E-state index in [2.05, 4.69) is 30.1 Å². The first-order valence-corrected chi connectivity index (χ1v) is 6.12. The highest BCUT2D eigenvalue weighted by atomic mass is 16.2. The summed E-state index contributed by atoms with van der Waals surface area (Å²) in [6, 6.07) is 0.200. The first-order valence-electron chi connectivity index (χ1n) is 6.12. The number of imide groups is 1. The van der Waals surface area contributed by atoms with Gasteiger partial charge >= 0.3 is 6.03 Å². The molecule has 0 radical (unpaired) electrons. The Balaban J connectivity index is 2.05. The van der Waals surface area contributed by atoms with Gasteiger partial charge in [0.1, 0.15) is 0 Å². The lowest BCUT2D eigenvalue weighted by atomic mass is 10.1. The van der Waals surface area contributed by atoms with Gasteiger partial charge in [-0.05, 0) is 20.3 Å². The van der Waals surface area contributed by atoms with Crippen LogP contribution in [-0.4, -0.2) is 47.4 Å². The van der Waals surface area contributed by atoms with E-state index in [-0.39, 0.29) is 11.9 Å². The molecule has 0 saturated carbocycles. The summed E-state index contributed by atoms with van der Waals surface area (Å²) in [5, 5.41) is 2.36. The van der Waals surface area contributed by atoms with Crippen molar-refractivity contribution in [1.82, 2.24) is 15.1 Å². The Labute approximate surface area is 101 Å². The summed E-state index contributed by atoms with van der Waals surface area (Å²) < 4.78 is 0. The quantitative estimate of drug-likeness (QED) is 0.777. The number of hydrogen-bond acceptors (Lipinski definition) is 3. The fourth-order valence-electron chi connectivity index (χ4n) is 2.22. The van der Waals surface area contributed by atoms with Gasteiger partial charge in [0, 0.05) is 37.8 Å². The van der Waals surface area contributed by atoms with Crippen LogP contribution in [0.5, 0.6) is 0 Å². The Morgan fingerprint density at radius 2 is 2.06 bits per heavy atom. The van der Waals surface area contributed by atoms with Crippen molar-refractivity contribution in [3.05, 3.63) is 11.8 Å². The van der Waals surface area contributed by atoms with Crippen molar-refractivity contribution in [2.75, 3.05) is 19.6 Å². The van der Waals surface area contributed by atoms with Crippen LogP contribution < -0.4 is 5.32 Å². The van der Waals surface area contributed by atoms with Gasteiger partial charge in [0.25, 0.3) is 0 Å². The lowest BCUT2D eigenvalue weighted by Crippen LogP contribution is -2.51. The summed E-state index contributed by atoms with van der Waals surface area (Å²) in [7, 11) is 0. The minimum Gasteiger partial charge on any atom is -0.296 e. The number of rotatable bonds is 2. The Morgan fingerprint density at radius 3 is 2.71 bits per heavy atom. The lowest BCUT2D eigenvalue weighted by molar-refractivity contribution is -0.121. The van der Waals surface area contributed by atoms with Gasteiger partial charge in [-0.1, -0.05) is 6.08 Å². The molecule has 1 fully saturated rings. The van der Waals surface area contributed by atoms with Gasteiger partial charge < -0.3 is 0 Å². The normalized spacial score (nSPS) is 22.8. The third-order valence-corrected chi connectivity index (χ3v) is 3.29. The molecule has 0 aromatic carbocycles. The van der Waals surface area contributed by atoms with Crippen molar-refractivity contribution in [1.29, 1.82) is 0 Å². The van der Waals surface area contributed by atoms with E-state index in [1.54, 1.807) is 4.90 Å². The van der Waals surface area contributed by atoms with Gasteiger partial charge in [0.05, 0.1) is 0 Å². The zero-order chi connectivity index (χ0) is 12.4. The average molecular weight is 237 g/mol. The van der Waals surface area contributed by atoms with Gasteiger partial charge in [-0.3, -0.25) is 19.9 Å². The molecule has 3 amide bonds. The second-order valence-electron chi connectivity index (χ2n) is 4.80. The Kier molecular flexibility index (Phi) is 3.47. The number of hydrogen-bond donors (Lipinski definition) is 1. The van der Waals surface area contributed by atoms with Crippen molar-refractivity contribution >= 4 is 11.9 Å². The third-order valence-electron chi connectivity index (χ3n) is 3.29. The van der Waals surface area contributed by atoms with Crippen LogP contribution >= 0.6 is 0 Å². The molecule has 5 heteroatoms. The van der Waals surface area contributed by atoms with Crippen LogP contribution in [0, 0.1) is 0 Å². The van der Waals surface area contributed by atoms with Crippen molar-refractivity contribution in [2.24, 2.45) is 0 Å². The van der Waals surface area contributed by atoms with E-state index in [4.69, 9.17) is 0 Å². The van der Waals surface area contributed by atoms with E-state index in [1.165, 1.54) is 0 Å². The highest BCUT2D eigenvalue weighted by molar-refractivity contribution is 5.97. The van der Waals surface area contributed by atoms with Crippen LogP contribution in [0.25, 0.3) is 0 Å². The molecule has 2 aliphatic heterocycles. The number of nitrogens with one attached hydrogen (secondary N) is 1. The largest absolute Gasteiger partial charge is 0.328 e.